The summed E-state index contributed by atoms with van der Waals surface area (Å²) in [5, 5.41) is 3.31. The van der Waals surface area contributed by atoms with E-state index in [-0.39, 0.29) is 34.7 Å². The fourth-order valence-electron chi connectivity index (χ4n) is 2.20. The first kappa shape index (κ1) is 18.3. The molecule has 0 radical (unpaired) electrons. The van der Waals surface area contributed by atoms with E-state index >= 15 is 0 Å². The monoisotopic (exact) mass is 420 g/mol. The number of carbonyl (C=O) groups is 1. The van der Waals surface area contributed by atoms with Crippen LogP contribution in [0.15, 0.2) is 35.2 Å². The van der Waals surface area contributed by atoms with Crippen molar-refractivity contribution in [3.05, 3.63) is 51.0 Å². The molecular weight excluding hydrogens is 411 g/mol. The minimum Gasteiger partial charge on any atom is -0.482 e. The average molecular weight is 422 g/mol. The molecule has 1 amide bonds. The number of hydrogen-bond donors (Lipinski definition) is 2. The molecule has 0 atom stereocenters. The van der Waals surface area contributed by atoms with Gasteiger partial charge in [0.1, 0.15) is 10.6 Å². The van der Waals surface area contributed by atoms with Crippen LogP contribution in [0.2, 0.25) is 15.1 Å². The van der Waals surface area contributed by atoms with Gasteiger partial charge in [0.05, 0.1) is 10.7 Å². The Morgan fingerprint density at radius 1 is 1.12 bits per heavy atom. The van der Waals surface area contributed by atoms with Gasteiger partial charge in [0.25, 0.3) is 5.91 Å². The number of fused-ring (bicyclic) bond motifs is 1. The molecule has 132 valence electrons. The van der Waals surface area contributed by atoms with E-state index in [0.29, 0.717) is 21.3 Å². The Balaban J connectivity index is 1.86. The van der Waals surface area contributed by atoms with Gasteiger partial charge in [0, 0.05) is 22.7 Å². The van der Waals surface area contributed by atoms with Crippen molar-refractivity contribution < 1.29 is 17.9 Å². The minimum atomic E-state index is -3.93. The quantitative estimate of drug-likeness (QED) is 0.792. The third kappa shape index (κ3) is 4.02. The zero-order valence-corrected chi connectivity index (χ0v) is 15.6. The van der Waals surface area contributed by atoms with Gasteiger partial charge in [-0.1, -0.05) is 40.9 Å². The standard InChI is InChI=1S/C15H11Cl3N2O4S/c16-9-2-1-8(10(17)3-9)6-19-25(22,23)14-5-13-12(4-11(14)18)20-15(21)7-24-13/h1-5,19H,6-7H2,(H,20,21). The molecule has 25 heavy (non-hydrogen) atoms. The molecule has 0 saturated heterocycles. The Morgan fingerprint density at radius 3 is 2.60 bits per heavy atom. The lowest BCUT2D eigenvalue weighted by Gasteiger charge is -2.19. The molecule has 1 aliphatic rings. The Morgan fingerprint density at radius 2 is 1.88 bits per heavy atom. The van der Waals surface area contributed by atoms with E-state index in [2.05, 4.69) is 10.0 Å². The van der Waals surface area contributed by atoms with Crippen molar-refractivity contribution in [1.82, 2.24) is 4.72 Å². The first-order chi connectivity index (χ1) is 11.8. The molecule has 3 rings (SSSR count). The number of ether oxygens (including phenoxy) is 1. The van der Waals surface area contributed by atoms with Crippen LogP contribution in [0.1, 0.15) is 5.56 Å². The third-order valence-electron chi connectivity index (χ3n) is 3.42. The molecule has 6 nitrogen and oxygen atoms in total. The molecule has 0 unspecified atom stereocenters. The first-order valence-corrected chi connectivity index (χ1v) is 9.58. The molecule has 0 aliphatic carbocycles. The van der Waals surface area contributed by atoms with Crippen molar-refractivity contribution in [3.63, 3.8) is 0 Å². The van der Waals surface area contributed by atoms with Crippen LogP contribution in [-0.2, 0) is 21.4 Å². The Bertz CT molecular complexity index is 963. The molecule has 0 aromatic heterocycles. The van der Waals surface area contributed by atoms with Crippen LogP contribution in [0, 0.1) is 0 Å². The fraction of sp³-hybridized carbons (Fsp3) is 0.133. The van der Waals surface area contributed by atoms with Gasteiger partial charge in [0.2, 0.25) is 10.0 Å². The lowest BCUT2D eigenvalue weighted by molar-refractivity contribution is -0.118. The minimum absolute atomic E-state index is 0.0384. The summed E-state index contributed by atoms with van der Waals surface area (Å²) in [6.07, 6.45) is 0. The predicted molar refractivity (Wildman–Crippen MR) is 96.1 cm³/mol. The lowest BCUT2D eigenvalue weighted by Crippen LogP contribution is -2.27. The lowest BCUT2D eigenvalue weighted by atomic mass is 10.2. The van der Waals surface area contributed by atoms with Gasteiger partial charge in [-0.25, -0.2) is 13.1 Å². The van der Waals surface area contributed by atoms with E-state index in [4.69, 9.17) is 39.5 Å². The maximum Gasteiger partial charge on any atom is 0.262 e. The van der Waals surface area contributed by atoms with Gasteiger partial charge in [-0.15, -0.1) is 0 Å². The third-order valence-corrected chi connectivity index (χ3v) is 5.88. The van der Waals surface area contributed by atoms with Gasteiger partial charge >= 0.3 is 0 Å². The van der Waals surface area contributed by atoms with Crippen LogP contribution in [0.5, 0.6) is 5.75 Å². The van der Waals surface area contributed by atoms with E-state index in [1.165, 1.54) is 18.2 Å². The van der Waals surface area contributed by atoms with Crippen molar-refractivity contribution in [1.29, 1.82) is 0 Å². The first-order valence-electron chi connectivity index (χ1n) is 6.96. The molecule has 1 heterocycles. The van der Waals surface area contributed by atoms with Crippen LogP contribution in [-0.4, -0.2) is 20.9 Å². The number of carbonyl (C=O) groups excluding carboxylic acids is 1. The SMILES string of the molecule is O=C1COc2cc(S(=O)(=O)NCc3ccc(Cl)cc3Cl)c(Cl)cc2N1. The summed E-state index contributed by atoms with van der Waals surface area (Å²) in [6, 6.07) is 7.36. The Kier molecular flexibility index (Phi) is 5.13. The second-order valence-corrected chi connectivity index (χ2v) is 8.16. The molecule has 0 bridgehead atoms. The predicted octanol–water partition coefficient (Wildman–Crippen LogP) is 3.46. The van der Waals surface area contributed by atoms with Gasteiger partial charge in [-0.05, 0) is 23.8 Å². The molecule has 1 aliphatic heterocycles. The Hall–Kier alpha value is -1.51. The molecule has 2 aromatic carbocycles. The second-order valence-electron chi connectivity index (χ2n) is 5.18. The number of nitrogens with one attached hydrogen (secondary N) is 2. The normalized spacial score (nSPS) is 13.8. The van der Waals surface area contributed by atoms with Crippen LogP contribution in [0.25, 0.3) is 0 Å². The Labute approximate surface area is 159 Å². The van der Waals surface area contributed by atoms with Crippen LogP contribution >= 0.6 is 34.8 Å². The number of benzene rings is 2. The van der Waals surface area contributed by atoms with Crippen LogP contribution in [0.3, 0.4) is 0 Å². The largest absolute Gasteiger partial charge is 0.482 e. The summed E-state index contributed by atoms with van der Waals surface area (Å²) in [5.74, 6) is -0.108. The molecule has 2 N–H and O–H groups in total. The number of rotatable bonds is 4. The highest BCUT2D eigenvalue weighted by atomic mass is 35.5. The van der Waals surface area contributed by atoms with Crippen molar-refractivity contribution in [2.45, 2.75) is 11.4 Å². The maximum absolute atomic E-state index is 12.5. The highest BCUT2D eigenvalue weighted by Gasteiger charge is 2.24. The summed E-state index contributed by atoms with van der Waals surface area (Å²) >= 11 is 17.9. The van der Waals surface area contributed by atoms with Gasteiger partial charge < -0.3 is 10.1 Å². The highest BCUT2D eigenvalue weighted by Crippen LogP contribution is 2.35. The smallest absolute Gasteiger partial charge is 0.262 e. The highest BCUT2D eigenvalue weighted by molar-refractivity contribution is 7.89. The number of amides is 1. The molecule has 0 fully saturated rings. The topological polar surface area (TPSA) is 84.5 Å². The molecular formula is C15H11Cl3N2O4S. The van der Waals surface area contributed by atoms with Crippen molar-refractivity contribution >= 4 is 56.4 Å². The van der Waals surface area contributed by atoms with Crippen molar-refractivity contribution in [2.24, 2.45) is 0 Å². The van der Waals surface area contributed by atoms with E-state index in [1.807, 2.05) is 0 Å². The zero-order valence-electron chi connectivity index (χ0n) is 12.5. The zero-order chi connectivity index (χ0) is 18.2. The van der Waals surface area contributed by atoms with E-state index in [9.17, 15) is 13.2 Å². The summed E-state index contributed by atoms with van der Waals surface area (Å²) in [7, 11) is -3.93. The summed E-state index contributed by atoms with van der Waals surface area (Å²) in [4.78, 5) is 11.1. The molecule has 0 saturated carbocycles. The van der Waals surface area contributed by atoms with Crippen molar-refractivity contribution in [3.8, 4) is 5.75 Å². The van der Waals surface area contributed by atoms with Gasteiger partial charge in [-0.3, -0.25) is 4.79 Å². The number of halogens is 3. The van der Waals surface area contributed by atoms with Crippen LogP contribution < -0.4 is 14.8 Å². The average Bonchev–Trinajstić information content (AvgIpc) is 2.53. The number of hydrogen-bond acceptors (Lipinski definition) is 4. The maximum atomic E-state index is 12.5. The summed E-state index contributed by atoms with van der Waals surface area (Å²) in [6.45, 7) is -0.231. The second kappa shape index (κ2) is 7.01. The van der Waals surface area contributed by atoms with Crippen LogP contribution in [0.4, 0.5) is 5.69 Å². The number of anilines is 1. The van der Waals surface area contributed by atoms with Crippen molar-refractivity contribution in [2.75, 3.05) is 11.9 Å². The molecule has 2 aromatic rings. The van der Waals surface area contributed by atoms with E-state index in [1.54, 1.807) is 12.1 Å². The summed E-state index contributed by atoms with van der Waals surface area (Å²) < 4.78 is 32.7. The summed E-state index contributed by atoms with van der Waals surface area (Å²) in [5.41, 5.74) is 0.883. The molecule has 10 heteroatoms. The van der Waals surface area contributed by atoms with E-state index in [0.717, 1.165) is 0 Å². The van der Waals surface area contributed by atoms with Gasteiger partial charge in [-0.2, -0.15) is 0 Å². The number of sulfonamides is 1. The molecule has 0 spiro atoms. The van der Waals surface area contributed by atoms with Gasteiger partial charge in [0.15, 0.2) is 6.61 Å². The fourth-order valence-corrected chi connectivity index (χ4v) is 4.23. The van der Waals surface area contributed by atoms with E-state index < -0.39 is 10.0 Å².